The highest BCUT2D eigenvalue weighted by Crippen LogP contribution is 2.22. The third kappa shape index (κ3) is 1.91. The molecule has 0 aromatic rings. The lowest BCUT2D eigenvalue weighted by Crippen LogP contribution is -2.45. The minimum atomic E-state index is -0.0800. The van der Waals surface area contributed by atoms with Gasteiger partial charge in [-0.3, -0.25) is 9.69 Å². The summed E-state index contributed by atoms with van der Waals surface area (Å²) in [5.74, 6) is 0.265. The fraction of sp³-hybridized carbons (Fsp3) is 0.900. The van der Waals surface area contributed by atoms with Gasteiger partial charge >= 0.3 is 5.97 Å². The summed E-state index contributed by atoms with van der Waals surface area (Å²) in [6, 6.07) is -0.0376. The molecule has 0 amide bonds. The first-order valence-corrected chi connectivity index (χ1v) is 5.33. The van der Waals surface area contributed by atoms with Gasteiger partial charge in [-0.15, -0.1) is 0 Å². The number of cyclic esters (lactones) is 1. The maximum atomic E-state index is 11.3. The van der Waals surface area contributed by atoms with Crippen molar-refractivity contribution in [2.24, 2.45) is 5.92 Å². The van der Waals surface area contributed by atoms with Gasteiger partial charge in [-0.25, -0.2) is 0 Å². The van der Waals surface area contributed by atoms with Crippen molar-refractivity contribution < 1.29 is 14.6 Å². The van der Waals surface area contributed by atoms with Gasteiger partial charge in [0.25, 0.3) is 0 Å². The Balaban J connectivity index is 1.93. The van der Waals surface area contributed by atoms with E-state index in [1.165, 1.54) is 0 Å². The Kier molecular flexibility index (Phi) is 3.03. The number of aliphatic hydroxyl groups is 1. The molecule has 2 fully saturated rings. The number of rotatable bonds is 2. The van der Waals surface area contributed by atoms with Crippen molar-refractivity contribution in [1.29, 1.82) is 0 Å². The number of ether oxygens (including phenoxy) is 1. The molecule has 0 aromatic heterocycles. The Morgan fingerprint density at radius 1 is 1.50 bits per heavy atom. The summed E-state index contributed by atoms with van der Waals surface area (Å²) in [5, 5.41) is 9.07. The molecule has 0 aromatic carbocycles. The van der Waals surface area contributed by atoms with Crippen LogP contribution < -0.4 is 0 Å². The van der Waals surface area contributed by atoms with Crippen molar-refractivity contribution in [2.45, 2.75) is 25.3 Å². The molecule has 1 N–H and O–H groups in total. The Labute approximate surface area is 83.8 Å². The van der Waals surface area contributed by atoms with E-state index < -0.39 is 0 Å². The summed E-state index contributed by atoms with van der Waals surface area (Å²) in [5.41, 5.74) is 0. The summed E-state index contributed by atoms with van der Waals surface area (Å²) in [7, 11) is 0. The van der Waals surface area contributed by atoms with Gasteiger partial charge in [-0.1, -0.05) is 0 Å². The van der Waals surface area contributed by atoms with Crippen LogP contribution in [0, 0.1) is 5.92 Å². The lowest BCUT2D eigenvalue weighted by atomic mass is 9.97. The normalized spacial score (nSPS) is 34.5. The van der Waals surface area contributed by atoms with E-state index in [4.69, 9.17) is 9.84 Å². The molecule has 2 heterocycles. The molecule has 0 spiro atoms. The van der Waals surface area contributed by atoms with E-state index in [1.807, 2.05) is 0 Å². The predicted molar refractivity (Wildman–Crippen MR) is 50.7 cm³/mol. The second-order valence-corrected chi connectivity index (χ2v) is 4.16. The number of likely N-dealkylation sites (tertiary alicyclic amines) is 1. The first-order chi connectivity index (χ1) is 6.81. The van der Waals surface area contributed by atoms with Gasteiger partial charge in [-0.2, -0.15) is 0 Å². The average Bonchev–Trinajstić information content (AvgIpc) is 2.65. The quantitative estimate of drug-likeness (QED) is 0.636. The van der Waals surface area contributed by atoms with Crippen LogP contribution >= 0.6 is 0 Å². The Morgan fingerprint density at radius 2 is 2.36 bits per heavy atom. The maximum absolute atomic E-state index is 11.3. The predicted octanol–water partition coefficient (Wildman–Crippen LogP) is 0.00620. The number of aliphatic hydroxyl groups excluding tert-OH is 1. The van der Waals surface area contributed by atoms with E-state index in [2.05, 4.69) is 4.90 Å². The van der Waals surface area contributed by atoms with Crippen LogP contribution in [0.5, 0.6) is 0 Å². The number of esters is 1. The van der Waals surface area contributed by atoms with Crippen LogP contribution in [0.2, 0.25) is 0 Å². The second kappa shape index (κ2) is 4.28. The zero-order valence-corrected chi connectivity index (χ0v) is 8.32. The number of hydrogen-bond donors (Lipinski definition) is 1. The number of carbonyl (C=O) groups excluding carboxylic acids is 1. The van der Waals surface area contributed by atoms with Crippen molar-refractivity contribution >= 4 is 5.97 Å². The van der Waals surface area contributed by atoms with E-state index in [-0.39, 0.29) is 18.6 Å². The second-order valence-electron chi connectivity index (χ2n) is 4.16. The highest BCUT2D eigenvalue weighted by atomic mass is 16.5. The van der Waals surface area contributed by atoms with Crippen molar-refractivity contribution in [3.63, 3.8) is 0 Å². The average molecular weight is 199 g/mol. The lowest BCUT2D eigenvalue weighted by Gasteiger charge is -2.34. The van der Waals surface area contributed by atoms with Crippen LogP contribution in [0.1, 0.15) is 19.3 Å². The van der Waals surface area contributed by atoms with Crippen LogP contribution in [0.3, 0.4) is 0 Å². The topological polar surface area (TPSA) is 49.8 Å². The fourth-order valence-corrected chi connectivity index (χ4v) is 2.35. The van der Waals surface area contributed by atoms with Crippen molar-refractivity contribution in [2.75, 3.05) is 26.3 Å². The van der Waals surface area contributed by atoms with Gasteiger partial charge in [0, 0.05) is 19.6 Å². The molecule has 2 atom stereocenters. The van der Waals surface area contributed by atoms with Crippen LogP contribution in [0.4, 0.5) is 0 Å². The largest absolute Gasteiger partial charge is 0.464 e. The Bertz CT molecular complexity index is 219. The molecular weight excluding hydrogens is 182 g/mol. The SMILES string of the molecule is O=C1OCCC1N1CCCC(CO)C1. The standard InChI is InChI=1S/C10H17NO3/c12-7-8-2-1-4-11(6-8)9-3-5-14-10(9)13/h8-9,12H,1-7H2. The third-order valence-electron chi connectivity index (χ3n) is 3.16. The van der Waals surface area contributed by atoms with Crippen LogP contribution in [0.15, 0.2) is 0 Å². The van der Waals surface area contributed by atoms with Gasteiger partial charge < -0.3 is 9.84 Å². The highest BCUT2D eigenvalue weighted by molar-refractivity contribution is 5.77. The third-order valence-corrected chi connectivity index (χ3v) is 3.16. The minimum absolute atomic E-state index is 0.0376. The van der Waals surface area contributed by atoms with E-state index in [0.29, 0.717) is 12.5 Å². The molecule has 2 aliphatic heterocycles. The van der Waals surface area contributed by atoms with E-state index in [0.717, 1.165) is 32.4 Å². The van der Waals surface area contributed by atoms with E-state index in [9.17, 15) is 4.79 Å². The molecule has 2 rings (SSSR count). The summed E-state index contributed by atoms with van der Waals surface area (Å²) in [6.45, 7) is 2.61. The van der Waals surface area contributed by atoms with Crippen LogP contribution in [0.25, 0.3) is 0 Å². The highest BCUT2D eigenvalue weighted by Gasteiger charge is 2.34. The summed E-state index contributed by atoms with van der Waals surface area (Å²) in [6.07, 6.45) is 2.97. The minimum Gasteiger partial charge on any atom is -0.464 e. The molecule has 80 valence electrons. The van der Waals surface area contributed by atoms with Gasteiger partial charge in [-0.05, 0) is 25.3 Å². The summed E-state index contributed by atoms with van der Waals surface area (Å²) < 4.78 is 4.94. The monoisotopic (exact) mass is 199 g/mol. The van der Waals surface area contributed by atoms with Crippen molar-refractivity contribution in [3.8, 4) is 0 Å². The molecule has 0 bridgehead atoms. The molecule has 0 aliphatic carbocycles. The molecule has 0 saturated carbocycles. The molecular formula is C10H17NO3. The Morgan fingerprint density at radius 3 is 3.00 bits per heavy atom. The molecule has 2 unspecified atom stereocenters. The summed E-state index contributed by atoms with van der Waals surface area (Å²) in [4.78, 5) is 13.5. The molecule has 0 radical (unpaired) electrons. The first-order valence-electron chi connectivity index (χ1n) is 5.33. The van der Waals surface area contributed by atoms with Crippen molar-refractivity contribution in [1.82, 2.24) is 4.90 Å². The maximum Gasteiger partial charge on any atom is 0.323 e. The van der Waals surface area contributed by atoms with E-state index in [1.54, 1.807) is 0 Å². The molecule has 4 heteroatoms. The molecule has 2 aliphatic rings. The van der Waals surface area contributed by atoms with Crippen LogP contribution in [-0.2, 0) is 9.53 Å². The van der Waals surface area contributed by atoms with Gasteiger partial charge in [0.15, 0.2) is 0 Å². The first kappa shape index (κ1) is 9.93. The lowest BCUT2D eigenvalue weighted by molar-refractivity contribution is -0.143. The fourth-order valence-electron chi connectivity index (χ4n) is 2.35. The number of nitrogens with zero attached hydrogens (tertiary/aromatic N) is 1. The number of piperidine rings is 1. The van der Waals surface area contributed by atoms with Crippen LogP contribution in [-0.4, -0.2) is 48.3 Å². The van der Waals surface area contributed by atoms with E-state index >= 15 is 0 Å². The zero-order valence-electron chi connectivity index (χ0n) is 8.32. The van der Waals surface area contributed by atoms with Gasteiger partial charge in [0.1, 0.15) is 6.04 Å². The number of hydrogen-bond acceptors (Lipinski definition) is 4. The molecule has 2 saturated heterocycles. The molecule has 14 heavy (non-hydrogen) atoms. The number of carbonyl (C=O) groups is 1. The molecule has 4 nitrogen and oxygen atoms in total. The Hall–Kier alpha value is -0.610. The van der Waals surface area contributed by atoms with Crippen molar-refractivity contribution in [3.05, 3.63) is 0 Å². The van der Waals surface area contributed by atoms with Gasteiger partial charge in [0.2, 0.25) is 0 Å². The smallest absolute Gasteiger partial charge is 0.323 e. The summed E-state index contributed by atoms with van der Waals surface area (Å²) >= 11 is 0. The zero-order chi connectivity index (χ0) is 9.97. The van der Waals surface area contributed by atoms with Gasteiger partial charge in [0.05, 0.1) is 6.61 Å².